The third kappa shape index (κ3) is 8.45. The molecule has 11 heteroatoms. The van der Waals surface area contributed by atoms with Crippen molar-refractivity contribution in [2.45, 2.75) is 4.90 Å². The van der Waals surface area contributed by atoms with Gasteiger partial charge in [-0.2, -0.15) is 4.31 Å². The van der Waals surface area contributed by atoms with E-state index in [0.717, 1.165) is 9.87 Å². The van der Waals surface area contributed by atoms with Crippen molar-refractivity contribution in [3.8, 4) is 0 Å². The summed E-state index contributed by atoms with van der Waals surface area (Å²) in [5.74, 6) is -0.620. The van der Waals surface area contributed by atoms with Crippen molar-refractivity contribution >= 4 is 69.3 Å². The number of hydrogen-bond donors (Lipinski definition) is 0. The summed E-state index contributed by atoms with van der Waals surface area (Å²) >= 11 is 5.90. The number of carbonyl (C=O) groups excluding carboxylic acids is 1. The number of methoxy groups -OCH3 is 1. The van der Waals surface area contributed by atoms with Gasteiger partial charge in [-0.1, -0.05) is 48.0 Å². The molecule has 2 aromatic carbocycles. The van der Waals surface area contributed by atoms with Gasteiger partial charge in [0.1, 0.15) is 6.54 Å². The van der Waals surface area contributed by atoms with Crippen molar-refractivity contribution in [2.24, 2.45) is 0 Å². The molecule has 0 spiro atoms. The summed E-state index contributed by atoms with van der Waals surface area (Å²) in [5, 5.41) is 1.95. The van der Waals surface area contributed by atoms with Crippen LogP contribution in [0, 0.1) is 0 Å². The van der Waals surface area contributed by atoms with Crippen LogP contribution in [0.15, 0.2) is 71.9 Å². The Bertz CT molecular complexity index is 1230. The maximum Gasteiger partial charge on any atom is 0.321 e. The molecule has 0 aliphatic carbocycles. The first-order valence-corrected chi connectivity index (χ1v) is 12.1. The topological polar surface area (TPSA) is 79.8 Å². The summed E-state index contributed by atoms with van der Waals surface area (Å²) < 4.78 is 32.9. The zero-order chi connectivity index (χ0) is 23.8. The van der Waals surface area contributed by atoms with Gasteiger partial charge in [-0.3, -0.25) is 9.78 Å². The van der Waals surface area contributed by atoms with Gasteiger partial charge in [0.15, 0.2) is 0 Å². The second-order valence-corrected chi connectivity index (χ2v) is 9.83. The minimum absolute atomic E-state index is 0. The molecule has 0 unspecified atom stereocenters. The van der Waals surface area contributed by atoms with E-state index in [1.165, 1.54) is 7.11 Å². The van der Waals surface area contributed by atoms with Crippen molar-refractivity contribution < 1.29 is 17.9 Å². The molecular weight excluding hydrogens is 533 g/mol. The molecule has 3 rings (SSSR count). The van der Waals surface area contributed by atoms with E-state index in [1.807, 2.05) is 48.4 Å². The average molecular weight is 561 g/mol. The van der Waals surface area contributed by atoms with Crippen LogP contribution in [-0.2, 0) is 19.6 Å². The first-order valence-electron chi connectivity index (χ1n) is 10.3. The van der Waals surface area contributed by atoms with Gasteiger partial charge in [0, 0.05) is 47.8 Å². The first-order chi connectivity index (χ1) is 15.8. The molecule has 0 saturated carbocycles. The molecule has 0 saturated heterocycles. The molecule has 1 heterocycles. The number of ether oxygens (including phenoxy) is 1. The zero-order valence-electron chi connectivity index (χ0n) is 19.3. The number of carbonyl (C=O) groups is 1. The second-order valence-electron chi connectivity index (χ2n) is 7.48. The van der Waals surface area contributed by atoms with Crippen LogP contribution in [0.4, 0.5) is 0 Å². The van der Waals surface area contributed by atoms with Crippen molar-refractivity contribution in [2.75, 3.05) is 40.3 Å². The Hall–Kier alpha value is -2.20. The van der Waals surface area contributed by atoms with Crippen LogP contribution in [0.1, 0.15) is 5.56 Å². The Morgan fingerprint density at radius 3 is 2.49 bits per heavy atom. The molecule has 0 amide bonds. The Labute approximate surface area is 223 Å². The highest BCUT2D eigenvalue weighted by molar-refractivity contribution is 7.89. The molecule has 0 aliphatic heterocycles. The summed E-state index contributed by atoms with van der Waals surface area (Å²) in [5.41, 5.74) is 1.02. The number of nitrogens with zero attached hydrogens (tertiary/aromatic N) is 3. The maximum absolute atomic E-state index is 13.5. The molecule has 3 aromatic rings. The SMILES string of the molecule is COC(=O)CN(CCN(C)CC=Cc1ccc(Cl)cc1)S(=O)(=O)c1cccc2cnccc12.Cl.Cl. The van der Waals surface area contributed by atoms with E-state index in [4.69, 9.17) is 16.3 Å². The van der Waals surface area contributed by atoms with Crippen LogP contribution in [0.5, 0.6) is 0 Å². The van der Waals surface area contributed by atoms with Crippen LogP contribution in [0.3, 0.4) is 0 Å². The summed E-state index contributed by atoms with van der Waals surface area (Å²) in [6.07, 6.45) is 7.12. The quantitative estimate of drug-likeness (QED) is 0.339. The normalized spacial score (nSPS) is 11.5. The molecule has 0 aliphatic rings. The number of hydrogen-bond acceptors (Lipinski definition) is 6. The van der Waals surface area contributed by atoms with E-state index < -0.39 is 16.0 Å². The molecule has 0 bridgehead atoms. The lowest BCUT2D eigenvalue weighted by atomic mass is 10.2. The number of sulfonamides is 1. The van der Waals surface area contributed by atoms with Gasteiger partial charge in [-0.05, 0) is 36.9 Å². The third-order valence-corrected chi connectivity index (χ3v) is 7.28. The van der Waals surface area contributed by atoms with E-state index in [0.29, 0.717) is 28.9 Å². The largest absolute Gasteiger partial charge is 0.468 e. The van der Waals surface area contributed by atoms with E-state index in [-0.39, 0.29) is 42.8 Å². The van der Waals surface area contributed by atoms with Gasteiger partial charge in [-0.25, -0.2) is 8.42 Å². The average Bonchev–Trinajstić information content (AvgIpc) is 2.82. The summed E-state index contributed by atoms with van der Waals surface area (Å²) in [6, 6.07) is 14.2. The molecular formula is C24H28Cl3N3O4S. The van der Waals surface area contributed by atoms with Crippen LogP contribution < -0.4 is 0 Å². The lowest BCUT2D eigenvalue weighted by molar-refractivity contribution is -0.140. The fourth-order valence-electron chi connectivity index (χ4n) is 3.27. The number of esters is 1. The molecule has 190 valence electrons. The van der Waals surface area contributed by atoms with E-state index in [2.05, 4.69) is 4.98 Å². The first kappa shape index (κ1) is 30.8. The monoisotopic (exact) mass is 559 g/mol. The van der Waals surface area contributed by atoms with Crippen molar-refractivity contribution in [1.29, 1.82) is 0 Å². The lowest BCUT2D eigenvalue weighted by Gasteiger charge is -2.24. The highest BCUT2D eigenvalue weighted by Gasteiger charge is 2.28. The van der Waals surface area contributed by atoms with Crippen molar-refractivity contribution in [1.82, 2.24) is 14.2 Å². The highest BCUT2D eigenvalue weighted by atomic mass is 35.5. The second kappa shape index (κ2) is 14.4. The van der Waals surface area contributed by atoms with Crippen LogP contribution in [0.2, 0.25) is 5.02 Å². The Morgan fingerprint density at radius 2 is 1.80 bits per heavy atom. The van der Waals surface area contributed by atoms with Gasteiger partial charge in [0.25, 0.3) is 0 Å². The minimum Gasteiger partial charge on any atom is -0.468 e. The van der Waals surface area contributed by atoms with Gasteiger partial charge >= 0.3 is 5.97 Å². The highest BCUT2D eigenvalue weighted by Crippen LogP contribution is 2.25. The maximum atomic E-state index is 13.5. The van der Waals surface area contributed by atoms with E-state index in [9.17, 15) is 13.2 Å². The van der Waals surface area contributed by atoms with Crippen LogP contribution in [-0.4, -0.2) is 68.9 Å². The van der Waals surface area contributed by atoms with Gasteiger partial charge in [-0.15, -0.1) is 24.8 Å². The molecule has 0 radical (unpaired) electrons. The van der Waals surface area contributed by atoms with Gasteiger partial charge in [0.2, 0.25) is 10.0 Å². The van der Waals surface area contributed by atoms with Crippen LogP contribution >= 0.6 is 36.4 Å². The van der Waals surface area contributed by atoms with Crippen molar-refractivity contribution in [3.05, 3.63) is 77.6 Å². The minimum atomic E-state index is -3.95. The number of fused-ring (bicyclic) bond motifs is 1. The fourth-order valence-corrected chi connectivity index (χ4v) is 4.98. The fraction of sp³-hybridized carbons (Fsp3) is 0.250. The summed E-state index contributed by atoms with van der Waals surface area (Å²) in [7, 11) is -0.820. The smallest absolute Gasteiger partial charge is 0.321 e. The number of pyridine rings is 1. The molecule has 1 aromatic heterocycles. The van der Waals surface area contributed by atoms with E-state index >= 15 is 0 Å². The van der Waals surface area contributed by atoms with Crippen molar-refractivity contribution in [3.63, 3.8) is 0 Å². The number of benzene rings is 2. The summed E-state index contributed by atoms with van der Waals surface area (Å²) in [6.45, 7) is 0.793. The zero-order valence-corrected chi connectivity index (χ0v) is 22.5. The molecule has 35 heavy (non-hydrogen) atoms. The van der Waals surface area contributed by atoms with Gasteiger partial charge in [0.05, 0.1) is 12.0 Å². The predicted octanol–water partition coefficient (Wildman–Crippen LogP) is 4.54. The number of aromatic nitrogens is 1. The Balaban J connectivity index is 0.00000306. The predicted molar refractivity (Wildman–Crippen MR) is 145 cm³/mol. The van der Waals surface area contributed by atoms with Crippen LogP contribution in [0.25, 0.3) is 16.8 Å². The molecule has 7 nitrogen and oxygen atoms in total. The Morgan fingerprint density at radius 1 is 1.09 bits per heavy atom. The number of halogens is 3. The standard InChI is InChI=1S/C24H26ClN3O4S.2ClH/c1-27(14-4-5-19-8-10-21(25)11-9-19)15-16-28(18-24(29)32-2)33(30,31)23-7-3-6-20-17-26-13-12-22(20)23;;/h3-13,17H,14-16,18H2,1-2H3;2*1H. The lowest BCUT2D eigenvalue weighted by Crippen LogP contribution is -2.41. The molecule has 0 N–H and O–H groups in total. The van der Waals surface area contributed by atoms with E-state index in [1.54, 1.807) is 36.7 Å². The molecule has 0 fully saturated rings. The summed E-state index contributed by atoms with van der Waals surface area (Å²) in [4.78, 5) is 18.2. The number of likely N-dealkylation sites (N-methyl/N-ethyl adjacent to an activating group) is 1. The molecule has 0 atom stereocenters. The number of rotatable bonds is 10. The van der Waals surface area contributed by atoms with Gasteiger partial charge < -0.3 is 9.64 Å². The Kier molecular flexibility index (Phi) is 12.7. The third-order valence-electron chi connectivity index (χ3n) is 5.12.